The van der Waals surface area contributed by atoms with Crippen molar-refractivity contribution in [2.75, 3.05) is 51.7 Å². The van der Waals surface area contributed by atoms with E-state index in [-0.39, 0.29) is 5.91 Å². The number of benzene rings is 2. The Morgan fingerprint density at radius 3 is 2.55 bits per heavy atom. The largest absolute Gasteiger partial charge is 0.368 e. The number of aliphatic imine (C=N–C) groups is 1. The molecule has 0 bridgehead atoms. The van der Waals surface area contributed by atoms with Crippen molar-refractivity contribution in [3.8, 4) is 0 Å². The normalized spacial score (nSPS) is 14.7. The van der Waals surface area contributed by atoms with Gasteiger partial charge in [0.25, 0.3) is 5.91 Å². The highest BCUT2D eigenvalue weighted by atomic mass is 35.5. The zero-order valence-electron chi connectivity index (χ0n) is 17.0. The van der Waals surface area contributed by atoms with Gasteiger partial charge in [-0.1, -0.05) is 29.8 Å². The van der Waals surface area contributed by atoms with Gasteiger partial charge in [-0.25, -0.2) is 0 Å². The van der Waals surface area contributed by atoms with Gasteiger partial charge in [-0.15, -0.1) is 0 Å². The van der Waals surface area contributed by atoms with Crippen molar-refractivity contribution in [3.05, 3.63) is 64.7 Å². The second kappa shape index (κ2) is 10.2. The van der Waals surface area contributed by atoms with Gasteiger partial charge < -0.3 is 20.4 Å². The molecule has 2 aromatic carbocycles. The number of anilines is 1. The third-order valence-corrected chi connectivity index (χ3v) is 5.31. The summed E-state index contributed by atoms with van der Waals surface area (Å²) in [5.41, 5.74) is 2.97. The molecule has 2 aromatic rings. The predicted octanol–water partition coefficient (Wildman–Crippen LogP) is 2.64. The lowest BCUT2D eigenvalue weighted by atomic mass is 10.1. The van der Waals surface area contributed by atoms with Crippen LogP contribution < -0.4 is 15.5 Å². The number of guanidine groups is 1. The number of hydrogen-bond donors (Lipinski definition) is 2. The number of hydrogen-bond acceptors (Lipinski definition) is 3. The Morgan fingerprint density at radius 1 is 1.10 bits per heavy atom. The van der Waals surface area contributed by atoms with E-state index in [2.05, 4.69) is 31.5 Å². The fourth-order valence-electron chi connectivity index (χ4n) is 3.51. The monoisotopic (exact) mass is 413 g/mol. The minimum absolute atomic E-state index is 0.0619. The summed E-state index contributed by atoms with van der Waals surface area (Å²) < 4.78 is 0. The first-order chi connectivity index (χ1) is 14.1. The van der Waals surface area contributed by atoms with Gasteiger partial charge in [0.15, 0.2) is 5.96 Å². The van der Waals surface area contributed by atoms with E-state index in [9.17, 15) is 4.79 Å². The summed E-state index contributed by atoms with van der Waals surface area (Å²) in [6, 6.07) is 15.7. The van der Waals surface area contributed by atoms with Crippen LogP contribution in [0.3, 0.4) is 0 Å². The number of rotatable bonds is 5. The van der Waals surface area contributed by atoms with Crippen molar-refractivity contribution in [1.82, 2.24) is 15.5 Å². The van der Waals surface area contributed by atoms with E-state index in [1.54, 1.807) is 7.05 Å². The van der Waals surface area contributed by atoms with Crippen LogP contribution in [0.5, 0.6) is 0 Å². The highest BCUT2D eigenvalue weighted by Crippen LogP contribution is 2.20. The van der Waals surface area contributed by atoms with Gasteiger partial charge in [-0.05, 0) is 42.3 Å². The van der Waals surface area contributed by atoms with Gasteiger partial charge in [-0.3, -0.25) is 9.79 Å². The number of carbonyl (C=O) groups is 1. The number of carbonyl (C=O) groups excluding carboxylic acids is 1. The zero-order chi connectivity index (χ0) is 20.6. The smallest absolute Gasteiger partial charge is 0.251 e. The minimum Gasteiger partial charge on any atom is -0.368 e. The number of nitrogens with zero attached hydrogens (tertiary/aromatic N) is 3. The highest BCUT2D eigenvalue weighted by molar-refractivity contribution is 6.30. The first kappa shape index (κ1) is 21.0. The summed E-state index contributed by atoms with van der Waals surface area (Å²) >= 11 is 6.12. The van der Waals surface area contributed by atoms with E-state index < -0.39 is 0 Å². The molecular formula is C22H28ClN5O. The van der Waals surface area contributed by atoms with E-state index >= 15 is 0 Å². The Labute approximate surface area is 177 Å². The van der Waals surface area contributed by atoms with Gasteiger partial charge >= 0.3 is 0 Å². The average Bonchev–Trinajstić information content (AvgIpc) is 2.76. The first-order valence-electron chi connectivity index (χ1n) is 9.88. The fraction of sp³-hybridized carbons (Fsp3) is 0.364. The third-order valence-electron chi connectivity index (χ3n) is 5.08. The van der Waals surface area contributed by atoms with E-state index in [0.717, 1.165) is 61.4 Å². The average molecular weight is 414 g/mol. The number of piperazine rings is 1. The molecule has 0 aliphatic carbocycles. The van der Waals surface area contributed by atoms with Crippen LogP contribution in [-0.4, -0.2) is 63.6 Å². The Balaban J connectivity index is 1.49. The lowest BCUT2D eigenvalue weighted by molar-refractivity contribution is 0.0963. The maximum Gasteiger partial charge on any atom is 0.251 e. The molecule has 1 aliphatic rings. The summed E-state index contributed by atoms with van der Waals surface area (Å²) in [6.45, 7) is 4.42. The highest BCUT2D eigenvalue weighted by Gasteiger charge is 2.19. The van der Waals surface area contributed by atoms with Crippen molar-refractivity contribution in [1.29, 1.82) is 0 Å². The van der Waals surface area contributed by atoms with Crippen LogP contribution in [-0.2, 0) is 6.42 Å². The number of nitrogens with one attached hydrogen (secondary N) is 2. The minimum atomic E-state index is -0.0619. The Morgan fingerprint density at radius 2 is 1.86 bits per heavy atom. The fourth-order valence-corrected chi connectivity index (χ4v) is 3.70. The summed E-state index contributed by atoms with van der Waals surface area (Å²) in [7, 11) is 3.46. The van der Waals surface area contributed by atoms with Crippen LogP contribution in [0.25, 0.3) is 0 Å². The quantitative estimate of drug-likeness (QED) is 0.584. The molecule has 1 aliphatic heterocycles. The predicted molar refractivity (Wildman–Crippen MR) is 120 cm³/mol. The molecule has 1 saturated heterocycles. The molecule has 0 radical (unpaired) electrons. The molecule has 0 spiro atoms. The second-order valence-corrected chi connectivity index (χ2v) is 7.39. The molecule has 1 heterocycles. The molecule has 2 N–H and O–H groups in total. The van der Waals surface area contributed by atoms with Crippen LogP contribution in [0, 0.1) is 0 Å². The second-order valence-electron chi connectivity index (χ2n) is 6.96. The summed E-state index contributed by atoms with van der Waals surface area (Å²) in [5, 5.41) is 6.88. The standard InChI is InChI=1S/C22H28ClN5O/c1-24-21(29)18-6-3-5-17(15-18)9-10-26-22(25-2)28-13-11-27(12-14-28)20-8-4-7-19(23)16-20/h3-8,15-16H,9-14H2,1-2H3,(H,24,29)(H,25,26). The van der Waals surface area contributed by atoms with Crippen LogP contribution in [0.15, 0.2) is 53.5 Å². The number of amides is 1. The molecule has 29 heavy (non-hydrogen) atoms. The van der Waals surface area contributed by atoms with Crippen LogP contribution >= 0.6 is 11.6 Å². The maximum atomic E-state index is 11.8. The first-order valence-corrected chi connectivity index (χ1v) is 10.3. The lowest BCUT2D eigenvalue weighted by Gasteiger charge is -2.37. The molecular weight excluding hydrogens is 386 g/mol. The summed E-state index contributed by atoms with van der Waals surface area (Å²) in [5.74, 6) is 0.853. The molecule has 7 heteroatoms. The molecule has 0 unspecified atom stereocenters. The van der Waals surface area contributed by atoms with Crippen molar-refractivity contribution in [2.24, 2.45) is 4.99 Å². The Hall–Kier alpha value is -2.73. The zero-order valence-corrected chi connectivity index (χ0v) is 17.7. The van der Waals surface area contributed by atoms with Gasteiger partial charge in [0.1, 0.15) is 0 Å². The van der Waals surface area contributed by atoms with E-state index in [1.165, 1.54) is 0 Å². The third kappa shape index (κ3) is 5.64. The molecule has 1 fully saturated rings. The summed E-state index contributed by atoms with van der Waals surface area (Å²) in [6.07, 6.45) is 0.826. The van der Waals surface area contributed by atoms with Crippen molar-refractivity contribution >= 4 is 29.2 Å². The molecule has 0 saturated carbocycles. The van der Waals surface area contributed by atoms with Crippen molar-refractivity contribution < 1.29 is 4.79 Å². The van der Waals surface area contributed by atoms with Gasteiger partial charge in [0.2, 0.25) is 0 Å². The lowest BCUT2D eigenvalue weighted by Crippen LogP contribution is -2.52. The molecule has 3 rings (SSSR count). The Bertz CT molecular complexity index is 862. The van der Waals surface area contributed by atoms with Gasteiger partial charge in [0, 0.05) is 63.1 Å². The van der Waals surface area contributed by atoms with Gasteiger partial charge in [-0.2, -0.15) is 0 Å². The molecule has 154 valence electrons. The van der Waals surface area contributed by atoms with E-state index in [0.29, 0.717) is 5.56 Å². The molecule has 0 aromatic heterocycles. The molecule has 0 atom stereocenters. The molecule has 1 amide bonds. The van der Waals surface area contributed by atoms with Crippen molar-refractivity contribution in [2.45, 2.75) is 6.42 Å². The van der Waals surface area contributed by atoms with Crippen LogP contribution in [0.2, 0.25) is 5.02 Å². The van der Waals surface area contributed by atoms with Crippen LogP contribution in [0.4, 0.5) is 5.69 Å². The molecule has 6 nitrogen and oxygen atoms in total. The Kier molecular flexibility index (Phi) is 7.36. The van der Waals surface area contributed by atoms with Crippen LogP contribution in [0.1, 0.15) is 15.9 Å². The topological polar surface area (TPSA) is 60.0 Å². The maximum absolute atomic E-state index is 11.8. The van der Waals surface area contributed by atoms with Crippen molar-refractivity contribution in [3.63, 3.8) is 0 Å². The number of halogens is 1. The van der Waals surface area contributed by atoms with E-state index in [1.807, 2.05) is 49.5 Å². The SMILES string of the molecule is CN=C(NCCc1cccc(C(=O)NC)c1)N1CCN(c2cccc(Cl)c2)CC1. The summed E-state index contributed by atoms with van der Waals surface area (Å²) in [4.78, 5) is 20.9. The van der Waals surface area contributed by atoms with E-state index in [4.69, 9.17) is 11.6 Å². The van der Waals surface area contributed by atoms with Gasteiger partial charge in [0.05, 0.1) is 0 Å².